The second-order valence-corrected chi connectivity index (χ2v) is 5.80. The highest BCUT2D eigenvalue weighted by Crippen LogP contribution is 2.14. The second-order valence-electron chi connectivity index (χ2n) is 5.80. The summed E-state index contributed by atoms with van der Waals surface area (Å²) in [5.41, 5.74) is 3.65. The Bertz CT molecular complexity index is 685. The predicted molar refractivity (Wildman–Crippen MR) is 92.1 cm³/mol. The molecule has 0 bridgehead atoms. The highest BCUT2D eigenvalue weighted by Gasteiger charge is 2.12. The zero-order valence-corrected chi connectivity index (χ0v) is 13.8. The average molecular weight is 314 g/mol. The summed E-state index contributed by atoms with van der Waals surface area (Å²) in [5.74, 6) is -0.373. The molecular formula is C19H23FN2O. The van der Waals surface area contributed by atoms with Gasteiger partial charge >= 0.3 is 0 Å². The summed E-state index contributed by atoms with van der Waals surface area (Å²) >= 11 is 0. The Morgan fingerprint density at radius 3 is 2.57 bits per heavy atom. The van der Waals surface area contributed by atoms with Crippen LogP contribution in [0.1, 0.15) is 23.6 Å². The number of rotatable bonds is 6. The third kappa shape index (κ3) is 4.81. The topological polar surface area (TPSA) is 41.1 Å². The van der Waals surface area contributed by atoms with Crippen LogP contribution in [-0.4, -0.2) is 18.5 Å². The zero-order chi connectivity index (χ0) is 16.8. The Morgan fingerprint density at radius 2 is 1.87 bits per heavy atom. The van der Waals surface area contributed by atoms with Gasteiger partial charge in [0.2, 0.25) is 5.91 Å². The molecule has 0 aliphatic heterocycles. The molecule has 1 atom stereocenters. The van der Waals surface area contributed by atoms with E-state index in [1.54, 1.807) is 26.0 Å². The summed E-state index contributed by atoms with van der Waals surface area (Å²) in [6.45, 7) is 6.12. The number of anilines is 1. The molecule has 0 saturated heterocycles. The minimum absolute atomic E-state index is 0.0976. The molecule has 1 amide bonds. The smallest absolute Gasteiger partial charge is 0.242 e. The number of hydrogen-bond donors (Lipinski definition) is 2. The van der Waals surface area contributed by atoms with Crippen molar-refractivity contribution in [3.63, 3.8) is 0 Å². The quantitative estimate of drug-likeness (QED) is 0.855. The first-order chi connectivity index (χ1) is 11.0. The summed E-state index contributed by atoms with van der Waals surface area (Å²) in [7, 11) is 0. The maximum absolute atomic E-state index is 13.5. The molecule has 122 valence electrons. The van der Waals surface area contributed by atoms with Gasteiger partial charge in [-0.3, -0.25) is 4.79 Å². The lowest BCUT2D eigenvalue weighted by atomic mass is 10.1. The Kier molecular flexibility index (Phi) is 5.74. The van der Waals surface area contributed by atoms with E-state index in [4.69, 9.17) is 0 Å². The number of halogens is 1. The van der Waals surface area contributed by atoms with Gasteiger partial charge in [-0.25, -0.2) is 4.39 Å². The van der Waals surface area contributed by atoms with Gasteiger partial charge in [0.1, 0.15) is 11.9 Å². The summed E-state index contributed by atoms with van der Waals surface area (Å²) in [6, 6.07) is 12.6. The molecule has 2 aromatic carbocycles. The van der Waals surface area contributed by atoms with Crippen molar-refractivity contribution in [2.75, 3.05) is 11.9 Å². The van der Waals surface area contributed by atoms with E-state index < -0.39 is 6.04 Å². The Labute approximate surface area is 136 Å². The van der Waals surface area contributed by atoms with E-state index in [0.717, 1.165) is 6.42 Å². The van der Waals surface area contributed by atoms with Crippen molar-refractivity contribution >= 4 is 11.6 Å². The van der Waals surface area contributed by atoms with Gasteiger partial charge in [0.05, 0.1) is 0 Å². The Morgan fingerprint density at radius 1 is 1.13 bits per heavy atom. The lowest BCUT2D eigenvalue weighted by Crippen LogP contribution is -2.38. The fourth-order valence-corrected chi connectivity index (χ4v) is 2.36. The lowest BCUT2D eigenvalue weighted by molar-refractivity contribution is -0.121. The van der Waals surface area contributed by atoms with Crippen LogP contribution in [0.15, 0.2) is 42.5 Å². The molecule has 0 heterocycles. The van der Waals surface area contributed by atoms with Gasteiger partial charge in [0.25, 0.3) is 0 Å². The number of hydrogen-bond acceptors (Lipinski definition) is 2. The second kappa shape index (κ2) is 7.77. The van der Waals surface area contributed by atoms with Gasteiger partial charge in [0, 0.05) is 12.2 Å². The number of carbonyl (C=O) groups is 1. The molecule has 0 aromatic heterocycles. The first kappa shape index (κ1) is 17.0. The van der Waals surface area contributed by atoms with Gasteiger partial charge in [-0.05, 0) is 56.0 Å². The van der Waals surface area contributed by atoms with Gasteiger partial charge in [-0.2, -0.15) is 0 Å². The zero-order valence-electron chi connectivity index (χ0n) is 13.8. The first-order valence-corrected chi connectivity index (χ1v) is 7.82. The molecule has 4 heteroatoms. The number of nitrogens with one attached hydrogen (secondary N) is 2. The molecule has 2 rings (SSSR count). The van der Waals surface area contributed by atoms with Crippen LogP contribution in [0.25, 0.3) is 0 Å². The van der Waals surface area contributed by atoms with Crippen molar-refractivity contribution in [2.24, 2.45) is 0 Å². The monoisotopic (exact) mass is 314 g/mol. The van der Waals surface area contributed by atoms with Crippen molar-refractivity contribution in [1.82, 2.24) is 5.32 Å². The van der Waals surface area contributed by atoms with Gasteiger partial charge in [0.15, 0.2) is 0 Å². The van der Waals surface area contributed by atoms with Crippen LogP contribution in [0.5, 0.6) is 0 Å². The minimum Gasteiger partial charge on any atom is -0.374 e. The van der Waals surface area contributed by atoms with Crippen molar-refractivity contribution in [3.05, 3.63) is 65.0 Å². The van der Waals surface area contributed by atoms with Crippen LogP contribution in [0.2, 0.25) is 0 Å². The van der Waals surface area contributed by atoms with E-state index >= 15 is 0 Å². The maximum Gasteiger partial charge on any atom is 0.242 e. The minimum atomic E-state index is -0.422. The Hall–Kier alpha value is -2.36. The summed E-state index contributed by atoms with van der Waals surface area (Å²) in [5, 5.41) is 5.93. The van der Waals surface area contributed by atoms with Crippen molar-refractivity contribution < 1.29 is 9.18 Å². The van der Waals surface area contributed by atoms with Crippen LogP contribution in [0.3, 0.4) is 0 Å². The highest BCUT2D eigenvalue weighted by atomic mass is 19.1. The molecule has 0 aliphatic carbocycles. The fraction of sp³-hybridized carbons (Fsp3) is 0.316. The molecule has 23 heavy (non-hydrogen) atoms. The van der Waals surface area contributed by atoms with Crippen molar-refractivity contribution in [2.45, 2.75) is 33.2 Å². The van der Waals surface area contributed by atoms with Crippen molar-refractivity contribution in [3.8, 4) is 0 Å². The average Bonchev–Trinajstić information content (AvgIpc) is 2.52. The van der Waals surface area contributed by atoms with E-state index in [9.17, 15) is 9.18 Å². The molecule has 0 spiro atoms. The lowest BCUT2D eigenvalue weighted by Gasteiger charge is -2.16. The van der Waals surface area contributed by atoms with E-state index in [0.29, 0.717) is 17.8 Å². The van der Waals surface area contributed by atoms with E-state index in [1.807, 2.05) is 12.1 Å². The number of carbonyl (C=O) groups excluding carboxylic acids is 1. The third-order valence-corrected chi connectivity index (χ3v) is 3.90. The molecule has 2 aromatic rings. The summed E-state index contributed by atoms with van der Waals surface area (Å²) in [6.07, 6.45) is 0.796. The van der Waals surface area contributed by atoms with Crippen LogP contribution >= 0.6 is 0 Å². The van der Waals surface area contributed by atoms with Gasteiger partial charge in [-0.1, -0.05) is 30.3 Å². The normalized spacial score (nSPS) is 11.8. The number of benzene rings is 2. The number of amides is 1. The summed E-state index contributed by atoms with van der Waals surface area (Å²) < 4.78 is 13.5. The third-order valence-electron chi connectivity index (χ3n) is 3.90. The predicted octanol–water partition coefficient (Wildman–Crippen LogP) is 3.60. The molecule has 0 saturated carbocycles. The molecule has 0 fully saturated rings. The van der Waals surface area contributed by atoms with Gasteiger partial charge in [-0.15, -0.1) is 0 Å². The van der Waals surface area contributed by atoms with Crippen LogP contribution < -0.4 is 10.6 Å². The fourth-order valence-electron chi connectivity index (χ4n) is 2.36. The van der Waals surface area contributed by atoms with Gasteiger partial charge < -0.3 is 10.6 Å². The highest BCUT2D eigenvalue weighted by molar-refractivity contribution is 5.84. The van der Waals surface area contributed by atoms with E-state index in [-0.39, 0.29) is 11.7 Å². The SMILES string of the molecule is Cc1ccc(NC(C)C(=O)NCCc2ccccc2C)cc1F. The molecule has 0 aliphatic rings. The maximum atomic E-state index is 13.5. The largest absolute Gasteiger partial charge is 0.374 e. The standard InChI is InChI=1S/C19H23FN2O/c1-13-6-4-5-7-16(13)10-11-21-19(23)15(3)22-17-9-8-14(2)18(20)12-17/h4-9,12,15,22H,10-11H2,1-3H3,(H,21,23). The summed E-state index contributed by atoms with van der Waals surface area (Å²) in [4.78, 5) is 12.1. The van der Waals surface area contributed by atoms with Crippen LogP contribution in [0, 0.1) is 19.7 Å². The first-order valence-electron chi connectivity index (χ1n) is 7.82. The van der Waals surface area contributed by atoms with Crippen molar-refractivity contribution in [1.29, 1.82) is 0 Å². The van der Waals surface area contributed by atoms with E-state index in [1.165, 1.54) is 17.2 Å². The number of aryl methyl sites for hydroxylation is 2. The molecule has 0 radical (unpaired) electrons. The van der Waals surface area contributed by atoms with E-state index in [2.05, 4.69) is 29.7 Å². The molecule has 2 N–H and O–H groups in total. The molecular weight excluding hydrogens is 291 g/mol. The van der Waals surface area contributed by atoms with Crippen LogP contribution in [0.4, 0.5) is 10.1 Å². The van der Waals surface area contributed by atoms with Crippen LogP contribution in [-0.2, 0) is 11.2 Å². The molecule has 3 nitrogen and oxygen atoms in total. The molecule has 1 unspecified atom stereocenters. The Balaban J connectivity index is 1.83.